The molecule has 0 spiro atoms. The number of ether oxygens (including phenoxy) is 1. The molecule has 0 amide bonds. The molecule has 0 aromatic heterocycles. The van der Waals surface area contributed by atoms with E-state index in [9.17, 15) is 4.39 Å². The molecule has 0 bridgehead atoms. The summed E-state index contributed by atoms with van der Waals surface area (Å²) in [5.74, 6) is -0.0983. The summed E-state index contributed by atoms with van der Waals surface area (Å²) in [6, 6.07) is 3.11. The standard InChI is InChI=1S/C8H7Br2FO/c1-2-12-8-6(10)3-5(9)4-7(8)11/h3-4H,2H2,1H3. The van der Waals surface area contributed by atoms with Gasteiger partial charge in [0.2, 0.25) is 0 Å². The molecule has 0 atom stereocenters. The molecule has 0 aliphatic carbocycles. The molecule has 0 saturated heterocycles. The fourth-order valence-electron chi connectivity index (χ4n) is 0.811. The smallest absolute Gasteiger partial charge is 0.169 e. The quantitative estimate of drug-likeness (QED) is 0.808. The van der Waals surface area contributed by atoms with Crippen LogP contribution in [0.5, 0.6) is 5.75 Å². The van der Waals surface area contributed by atoms with Gasteiger partial charge < -0.3 is 4.74 Å². The van der Waals surface area contributed by atoms with E-state index in [-0.39, 0.29) is 11.6 Å². The number of hydrogen-bond donors (Lipinski definition) is 0. The first-order chi connectivity index (χ1) is 5.65. The molecule has 0 unspecified atom stereocenters. The summed E-state index contributed by atoms with van der Waals surface area (Å²) in [6.45, 7) is 2.27. The van der Waals surface area contributed by atoms with Crippen LogP contribution in [-0.2, 0) is 0 Å². The predicted molar refractivity (Wildman–Crippen MR) is 53.0 cm³/mol. The maximum absolute atomic E-state index is 13.1. The molecule has 0 aliphatic heterocycles. The van der Waals surface area contributed by atoms with Crippen molar-refractivity contribution < 1.29 is 9.13 Å². The summed E-state index contributed by atoms with van der Waals surface area (Å²) < 4.78 is 19.5. The van der Waals surface area contributed by atoms with Gasteiger partial charge >= 0.3 is 0 Å². The van der Waals surface area contributed by atoms with Crippen molar-refractivity contribution in [3.8, 4) is 5.75 Å². The maximum atomic E-state index is 13.1. The molecule has 0 radical (unpaired) electrons. The second kappa shape index (κ2) is 4.23. The average Bonchev–Trinajstić information content (AvgIpc) is 1.96. The third-order valence-electron chi connectivity index (χ3n) is 1.25. The lowest BCUT2D eigenvalue weighted by Crippen LogP contribution is -1.95. The Morgan fingerprint density at radius 1 is 1.42 bits per heavy atom. The number of rotatable bonds is 2. The van der Waals surface area contributed by atoms with Crippen molar-refractivity contribution in [3.63, 3.8) is 0 Å². The van der Waals surface area contributed by atoms with Gasteiger partial charge in [0.05, 0.1) is 11.1 Å². The molecule has 1 aromatic carbocycles. The topological polar surface area (TPSA) is 9.23 Å². The van der Waals surface area contributed by atoms with Gasteiger partial charge in [-0.1, -0.05) is 15.9 Å². The van der Waals surface area contributed by atoms with Crippen LogP contribution >= 0.6 is 31.9 Å². The third-order valence-corrected chi connectivity index (χ3v) is 2.30. The van der Waals surface area contributed by atoms with Gasteiger partial charge in [0.15, 0.2) is 11.6 Å². The van der Waals surface area contributed by atoms with E-state index >= 15 is 0 Å². The minimum Gasteiger partial charge on any atom is -0.490 e. The van der Waals surface area contributed by atoms with Gasteiger partial charge in [-0.25, -0.2) is 4.39 Å². The minimum atomic E-state index is -0.363. The molecule has 12 heavy (non-hydrogen) atoms. The normalized spacial score (nSPS) is 10.0. The van der Waals surface area contributed by atoms with E-state index in [0.717, 1.165) is 0 Å². The maximum Gasteiger partial charge on any atom is 0.169 e. The number of halogens is 3. The lowest BCUT2D eigenvalue weighted by Gasteiger charge is -2.06. The zero-order valence-corrected chi connectivity index (χ0v) is 9.58. The molecule has 1 aromatic rings. The fraction of sp³-hybridized carbons (Fsp3) is 0.250. The largest absolute Gasteiger partial charge is 0.490 e. The molecule has 0 aliphatic rings. The first kappa shape index (κ1) is 9.99. The summed E-state index contributed by atoms with van der Waals surface area (Å²) in [4.78, 5) is 0. The van der Waals surface area contributed by atoms with Crippen molar-refractivity contribution in [2.24, 2.45) is 0 Å². The Balaban J connectivity index is 3.10. The van der Waals surface area contributed by atoms with Crippen molar-refractivity contribution in [1.29, 1.82) is 0 Å². The van der Waals surface area contributed by atoms with Crippen LogP contribution < -0.4 is 4.74 Å². The summed E-state index contributed by atoms with van der Waals surface area (Å²) in [5.41, 5.74) is 0. The average molecular weight is 298 g/mol. The Morgan fingerprint density at radius 2 is 2.08 bits per heavy atom. The fourth-order valence-corrected chi connectivity index (χ4v) is 2.10. The van der Waals surface area contributed by atoms with E-state index in [1.54, 1.807) is 6.07 Å². The molecule has 0 N–H and O–H groups in total. The lowest BCUT2D eigenvalue weighted by atomic mass is 10.3. The van der Waals surface area contributed by atoms with Gasteiger partial charge in [-0.3, -0.25) is 0 Å². The van der Waals surface area contributed by atoms with Crippen molar-refractivity contribution in [2.75, 3.05) is 6.61 Å². The summed E-state index contributed by atoms with van der Waals surface area (Å²) >= 11 is 6.38. The van der Waals surface area contributed by atoms with Crippen LogP contribution in [0.2, 0.25) is 0 Å². The SMILES string of the molecule is CCOc1c(F)cc(Br)cc1Br. The van der Waals surface area contributed by atoms with Crippen LogP contribution in [0.3, 0.4) is 0 Å². The highest BCUT2D eigenvalue weighted by atomic mass is 79.9. The number of hydrogen-bond acceptors (Lipinski definition) is 1. The van der Waals surface area contributed by atoms with E-state index in [4.69, 9.17) is 4.74 Å². The molecular weight excluding hydrogens is 291 g/mol. The highest BCUT2D eigenvalue weighted by Gasteiger charge is 2.08. The highest BCUT2D eigenvalue weighted by molar-refractivity contribution is 9.11. The van der Waals surface area contributed by atoms with Gasteiger partial charge in [-0.2, -0.15) is 0 Å². The van der Waals surface area contributed by atoms with Gasteiger partial charge in [0.25, 0.3) is 0 Å². The van der Waals surface area contributed by atoms with Crippen molar-refractivity contribution in [2.45, 2.75) is 6.92 Å². The molecule has 1 rings (SSSR count). The first-order valence-electron chi connectivity index (χ1n) is 3.42. The number of benzene rings is 1. The Labute approximate surface area is 87.2 Å². The summed E-state index contributed by atoms with van der Waals surface area (Å²) in [6.07, 6.45) is 0. The monoisotopic (exact) mass is 296 g/mol. The Bertz CT molecular complexity index is 265. The Kier molecular flexibility index (Phi) is 3.53. The Hall–Kier alpha value is -0.0900. The Morgan fingerprint density at radius 3 is 2.58 bits per heavy atom. The van der Waals surface area contributed by atoms with Crippen LogP contribution in [0.4, 0.5) is 4.39 Å². The first-order valence-corrected chi connectivity index (χ1v) is 5.01. The minimum absolute atomic E-state index is 0.265. The molecule has 1 nitrogen and oxygen atoms in total. The van der Waals surface area contributed by atoms with Crippen LogP contribution in [0, 0.1) is 5.82 Å². The van der Waals surface area contributed by atoms with E-state index in [1.165, 1.54) is 6.07 Å². The second-order valence-corrected chi connectivity index (χ2v) is 3.90. The van der Waals surface area contributed by atoms with Crippen LogP contribution in [0.1, 0.15) is 6.92 Å². The molecule has 0 saturated carbocycles. The van der Waals surface area contributed by atoms with Crippen LogP contribution in [-0.4, -0.2) is 6.61 Å². The molecule has 0 heterocycles. The predicted octanol–water partition coefficient (Wildman–Crippen LogP) is 3.75. The van der Waals surface area contributed by atoms with E-state index in [1.807, 2.05) is 6.92 Å². The molecule has 66 valence electrons. The van der Waals surface area contributed by atoms with E-state index < -0.39 is 0 Å². The van der Waals surface area contributed by atoms with Gasteiger partial charge in [-0.15, -0.1) is 0 Å². The van der Waals surface area contributed by atoms with E-state index in [2.05, 4.69) is 31.9 Å². The molecular formula is C8H7Br2FO. The highest BCUT2D eigenvalue weighted by Crippen LogP contribution is 2.31. The third kappa shape index (κ3) is 2.20. The van der Waals surface area contributed by atoms with Gasteiger partial charge in [0, 0.05) is 4.47 Å². The van der Waals surface area contributed by atoms with E-state index in [0.29, 0.717) is 15.6 Å². The van der Waals surface area contributed by atoms with Crippen LogP contribution in [0.25, 0.3) is 0 Å². The molecule has 0 fully saturated rings. The zero-order valence-electron chi connectivity index (χ0n) is 6.40. The molecule has 4 heteroatoms. The summed E-state index contributed by atoms with van der Waals surface area (Å²) in [7, 11) is 0. The van der Waals surface area contributed by atoms with Gasteiger partial charge in [-0.05, 0) is 35.0 Å². The second-order valence-electron chi connectivity index (χ2n) is 2.13. The zero-order chi connectivity index (χ0) is 9.14. The van der Waals surface area contributed by atoms with Crippen LogP contribution in [0.15, 0.2) is 21.1 Å². The van der Waals surface area contributed by atoms with Crippen molar-refractivity contribution >= 4 is 31.9 Å². The lowest BCUT2D eigenvalue weighted by molar-refractivity contribution is 0.319. The summed E-state index contributed by atoms with van der Waals surface area (Å²) in [5, 5.41) is 0. The van der Waals surface area contributed by atoms with Gasteiger partial charge in [0.1, 0.15) is 0 Å². The van der Waals surface area contributed by atoms with Crippen molar-refractivity contribution in [1.82, 2.24) is 0 Å². The van der Waals surface area contributed by atoms with Crippen molar-refractivity contribution in [3.05, 3.63) is 26.9 Å².